The SMILES string of the molecule is COc1cccc(-c2cnc3[nH]cc(C=CC(N)=O)c3c2)n1. The van der Waals surface area contributed by atoms with Crippen molar-refractivity contribution < 1.29 is 9.53 Å². The number of H-pyrrole nitrogens is 1. The number of carbonyl (C=O) groups is 1. The molecule has 3 aromatic heterocycles. The Balaban J connectivity index is 2.08. The molecule has 0 saturated heterocycles. The van der Waals surface area contributed by atoms with Crippen LogP contribution in [0.25, 0.3) is 28.4 Å². The van der Waals surface area contributed by atoms with Crippen LogP contribution in [-0.4, -0.2) is 28.0 Å². The zero-order chi connectivity index (χ0) is 15.5. The molecular formula is C16H14N4O2. The average Bonchev–Trinajstić information content (AvgIpc) is 2.95. The van der Waals surface area contributed by atoms with E-state index in [-0.39, 0.29) is 0 Å². The molecule has 3 rings (SSSR count). The minimum atomic E-state index is -0.493. The van der Waals surface area contributed by atoms with E-state index in [2.05, 4.69) is 15.0 Å². The summed E-state index contributed by atoms with van der Waals surface area (Å²) in [5.74, 6) is 0.0495. The van der Waals surface area contributed by atoms with Crippen molar-refractivity contribution in [3.8, 4) is 17.1 Å². The quantitative estimate of drug-likeness (QED) is 0.721. The lowest BCUT2D eigenvalue weighted by Crippen LogP contribution is -2.04. The molecule has 3 N–H and O–H groups in total. The van der Waals surface area contributed by atoms with Crippen LogP contribution in [-0.2, 0) is 4.79 Å². The number of aromatic amines is 1. The highest BCUT2D eigenvalue weighted by atomic mass is 16.5. The predicted molar refractivity (Wildman–Crippen MR) is 84.1 cm³/mol. The number of fused-ring (bicyclic) bond motifs is 1. The van der Waals surface area contributed by atoms with Gasteiger partial charge in [0.15, 0.2) is 0 Å². The summed E-state index contributed by atoms with van der Waals surface area (Å²) in [7, 11) is 1.58. The van der Waals surface area contributed by atoms with E-state index in [1.165, 1.54) is 6.08 Å². The summed E-state index contributed by atoms with van der Waals surface area (Å²) in [6, 6.07) is 7.50. The standard InChI is InChI=1S/C16H14N4O2/c1-22-15-4-2-3-13(20-15)11-7-12-10(5-6-14(17)21)8-18-16(12)19-9-11/h2-9H,1H3,(H2,17,21)(H,18,19). The number of amides is 1. The third-order valence-corrected chi connectivity index (χ3v) is 3.22. The van der Waals surface area contributed by atoms with E-state index in [1.54, 1.807) is 31.6 Å². The van der Waals surface area contributed by atoms with E-state index in [9.17, 15) is 4.79 Å². The summed E-state index contributed by atoms with van der Waals surface area (Å²) < 4.78 is 5.14. The van der Waals surface area contributed by atoms with Gasteiger partial charge in [0.25, 0.3) is 0 Å². The lowest BCUT2D eigenvalue weighted by Gasteiger charge is -2.03. The molecule has 0 saturated carbocycles. The van der Waals surface area contributed by atoms with Crippen molar-refractivity contribution in [1.29, 1.82) is 0 Å². The van der Waals surface area contributed by atoms with Crippen LogP contribution >= 0.6 is 0 Å². The van der Waals surface area contributed by atoms with Crippen LogP contribution in [0.1, 0.15) is 5.56 Å². The molecule has 0 fully saturated rings. The summed E-state index contributed by atoms with van der Waals surface area (Å²) in [5.41, 5.74) is 8.33. The molecule has 0 unspecified atom stereocenters. The number of nitrogens with zero attached hydrogens (tertiary/aromatic N) is 2. The number of nitrogens with one attached hydrogen (secondary N) is 1. The predicted octanol–water partition coefficient (Wildman–Crippen LogP) is 2.13. The first-order chi connectivity index (χ1) is 10.7. The fourth-order valence-corrected chi connectivity index (χ4v) is 2.16. The van der Waals surface area contributed by atoms with Gasteiger partial charge in [0.2, 0.25) is 11.8 Å². The zero-order valence-corrected chi connectivity index (χ0v) is 11.9. The van der Waals surface area contributed by atoms with Gasteiger partial charge in [-0.05, 0) is 18.2 Å². The van der Waals surface area contributed by atoms with Gasteiger partial charge in [-0.1, -0.05) is 6.07 Å². The minimum Gasteiger partial charge on any atom is -0.481 e. The number of hydrogen-bond donors (Lipinski definition) is 2. The molecule has 3 heterocycles. The molecule has 0 atom stereocenters. The van der Waals surface area contributed by atoms with Crippen LogP contribution < -0.4 is 10.5 Å². The number of pyridine rings is 2. The molecule has 3 aromatic rings. The molecule has 1 amide bonds. The molecule has 0 radical (unpaired) electrons. The van der Waals surface area contributed by atoms with Crippen molar-refractivity contribution in [2.75, 3.05) is 7.11 Å². The van der Waals surface area contributed by atoms with E-state index in [1.807, 2.05) is 18.2 Å². The van der Waals surface area contributed by atoms with Gasteiger partial charge >= 0.3 is 0 Å². The molecule has 6 nitrogen and oxygen atoms in total. The summed E-state index contributed by atoms with van der Waals surface area (Å²) in [5, 5.41) is 0.889. The van der Waals surface area contributed by atoms with Gasteiger partial charge in [0, 0.05) is 41.0 Å². The highest BCUT2D eigenvalue weighted by Gasteiger charge is 2.07. The molecule has 0 bridgehead atoms. The maximum atomic E-state index is 10.9. The van der Waals surface area contributed by atoms with Crippen LogP contribution in [0.4, 0.5) is 0 Å². The van der Waals surface area contributed by atoms with Crippen molar-refractivity contribution in [3.63, 3.8) is 0 Å². The number of aromatic nitrogens is 3. The average molecular weight is 294 g/mol. The third kappa shape index (κ3) is 2.67. The molecular weight excluding hydrogens is 280 g/mol. The first-order valence-electron chi connectivity index (χ1n) is 6.63. The second-order valence-corrected chi connectivity index (χ2v) is 4.67. The number of carbonyl (C=O) groups excluding carboxylic acids is 1. The number of hydrogen-bond acceptors (Lipinski definition) is 4. The molecule has 0 aliphatic carbocycles. The van der Waals surface area contributed by atoms with Gasteiger partial charge < -0.3 is 15.5 Å². The van der Waals surface area contributed by atoms with Crippen molar-refractivity contribution in [2.24, 2.45) is 5.73 Å². The Hall–Kier alpha value is -3.15. The maximum absolute atomic E-state index is 10.9. The van der Waals surface area contributed by atoms with E-state index in [0.717, 1.165) is 27.9 Å². The van der Waals surface area contributed by atoms with Crippen molar-refractivity contribution in [2.45, 2.75) is 0 Å². The lowest BCUT2D eigenvalue weighted by atomic mass is 10.1. The van der Waals surface area contributed by atoms with Gasteiger partial charge in [-0.2, -0.15) is 0 Å². The monoisotopic (exact) mass is 294 g/mol. The second kappa shape index (κ2) is 5.69. The van der Waals surface area contributed by atoms with Crippen molar-refractivity contribution in [1.82, 2.24) is 15.0 Å². The summed E-state index contributed by atoms with van der Waals surface area (Å²) >= 11 is 0. The summed E-state index contributed by atoms with van der Waals surface area (Å²) in [6.45, 7) is 0. The van der Waals surface area contributed by atoms with Crippen LogP contribution in [0.2, 0.25) is 0 Å². The molecule has 0 aliphatic rings. The minimum absolute atomic E-state index is 0.493. The van der Waals surface area contributed by atoms with Crippen LogP contribution in [0.3, 0.4) is 0 Å². The number of methoxy groups -OCH3 is 1. The summed E-state index contributed by atoms with van der Waals surface area (Å²) in [6.07, 6.45) is 6.49. The largest absolute Gasteiger partial charge is 0.481 e. The Bertz CT molecular complexity index is 867. The van der Waals surface area contributed by atoms with Crippen LogP contribution in [0, 0.1) is 0 Å². The van der Waals surface area contributed by atoms with Gasteiger partial charge in [0.1, 0.15) is 5.65 Å². The molecule has 6 heteroatoms. The smallest absolute Gasteiger partial charge is 0.241 e. The van der Waals surface area contributed by atoms with Crippen LogP contribution in [0.15, 0.2) is 42.7 Å². The Morgan fingerprint density at radius 2 is 2.27 bits per heavy atom. The van der Waals surface area contributed by atoms with E-state index < -0.39 is 5.91 Å². The zero-order valence-electron chi connectivity index (χ0n) is 11.9. The van der Waals surface area contributed by atoms with Gasteiger partial charge in [-0.3, -0.25) is 4.79 Å². The Kier molecular flexibility index (Phi) is 3.57. The van der Waals surface area contributed by atoms with Gasteiger partial charge in [0.05, 0.1) is 12.8 Å². The Morgan fingerprint density at radius 3 is 3.05 bits per heavy atom. The number of rotatable bonds is 4. The topological polar surface area (TPSA) is 93.9 Å². The fourth-order valence-electron chi connectivity index (χ4n) is 2.16. The van der Waals surface area contributed by atoms with Gasteiger partial charge in [-0.25, -0.2) is 9.97 Å². The lowest BCUT2D eigenvalue weighted by molar-refractivity contribution is -0.113. The van der Waals surface area contributed by atoms with Crippen molar-refractivity contribution >= 4 is 23.0 Å². The summed E-state index contributed by atoms with van der Waals surface area (Å²) in [4.78, 5) is 22.7. The molecule has 0 aliphatic heterocycles. The molecule has 110 valence electrons. The third-order valence-electron chi connectivity index (χ3n) is 3.22. The van der Waals surface area contributed by atoms with E-state index >= 15 is 0 Å². The number of ether oxygens (including phenoxy) is 1. The maximum Gasteiger partial charge on any atom is 0.241 e. The second-order valence-electron chi connectivity index (χ2n) is 4.67. The number of nitrogens with two attached hydrogens (primary N) is 1. The molecule has 0 aromatic carbocycles. The van der Waals surface area contributed by atoms with E-state index in [4.69, 9.17) is 10.5 Å². The number of primary amides is 1. The molecule has 22 heavy (non-hydrogen) atoms. The first kappa shape index (κ1) is 13.8. The fraction of sp³-hybridized carbons (Fsp3) is 0.0625. The van der Waals surface area contributed by atoms with Crippen LogP contribution in [0.5, 0.6) is 5.88 Å². The highest BCUT2D eigenvalue weighted by Crippen LogP contribution is 2.25. The van der Waals surface area contributed by atoms with Crippen molar-refractivity contribution in [3.05, 3.63) is 48.3 Å². The normalized spacial score (nSPS) is 11.1. The highest BCUT2D eigenvalue weighted by molar-refractivity contribution is 5.95. The molecule has 0 spiro atoms. The Morgan fingerprint density at radius 1 is 1.41 bits per heavy atom. The van der Waals surface area contributed by atoms with Gasteiger partial charge in [-0.15, -0.1) is 0 Å². The first-order valence-corrected chi connectivity index (χ1v) is 6.63. The Labute approximate surface area is 126 Å². The van der Waals surface area contributed by atoms with E-state index in [0.29, 0.717) is 5.88 Å².